The molecule has 0 fully saturated rings. The fraction of sp³-hybridized carbons (Fsp3) is 0.652. The number of unbranched alkanes of at least 4 members (excludes halogenated alkanes) is 9. The number of hydrogen-bond acceptors (Lipinski definition) is 4. The van der Waals surface area contributed by atoms with Gasteiger partial charge in [0.2, 0.25) is 0 Å². The molecule has 4 heteroatoms. The Bertz CT molecular complexity index is 498. The van der Waals surface area contributed by atoms with Crippen molar-refractivity contribution in [1.82, 2.24) is 0 Å². The maximum absolute atomic E-state index is 11.7. The molecule has 0 atom stereocenters. The number of carbonyl (C=O) groups excluding carboxylic acids is 2. The molecule has 0 bridgehead atoms. The van der Waals surface area contributed by atoms with E-state index in [1.54, 1.807) is 0 Å². The van der Waals surface area contributed by atoms with Crippen LogP contribution in [0.25, 0.3) is 0 Å². The molecule has 0 radical (unpaired) electrons. The van der Waals surface area contributed by atoms with Crippen LogP contribution in [0.3, 0.4) is 0 Å². The zero-order valence-electron chi connectivity index (χ0n) is 16.9. The van der Waals surface area contributed by atoms with Crippen molar-refractivity contribution in [2.45, 2.75) is 90.6 Å². The van der Waals surface area contributed by atoms with Crippen molar-refractivity contribution in [2.24, 2.45) is 0 Å². The van der Waals surface area contributed by atoms with Gasteiger partial charge < -0.3 is 9.47 Å². The summed E-state index contributed by atoms with van der Waals surface area (Å²) in [6.07, 6.45) is 12.7. The standard InChI is InChI=1S/C23H36O4/c1-2-3-4-5-6-7-8-9-10-14-19-26-22(24)17-18-23(25)27-20-21-15-12-11-13-16-21/h11-13,15-16H,2-10,14,17-20H2,1H3. The fourth-order valence-corrected chi connectivity index (χ4v) is 2.86. The van der Waals surface area contributed by atoms with Crippen LogP contribution in [0.15, 0.2) is 30.3 Å². The van der Waals surface area contributed by atoms with Crippen LogP contribution in [0.5, 0.6) is 0 Å². The maximum Gasteiger partial charge on any atom is 0.306 e. The summed E-state index contributed by atoms with van der Waals surface area (Å²) in [5.41, 5.74) is 0.939. The Morgan fingerprint density at radius 3 is 1.81 bits per heavy atom. The van der Waals surface area contributed by atoms with Crippen LogP contribution in [0.1, 0.15) is 89.5 Å². The highest BCUT2D eigenvalue weighted by molar-refractivity contribution is 5.77. The Morgan fingerprint density at radius 2 is 1.22 bits per heavy atom. The monoisotopic (exact) mass is 376 g/mol. The van der Waals surface area contributed by atoms with Gasteiger partial charge in [-0.25, -0.2) is 0 Å². The summed E-state index contributed by atoms with van der Waals surface area (Å²) in [4.78, 5) is 23.3. The maximum atomic E-state index is 11.7. The first-order chi connectivity index (χ1) is 13.2. The van der Waals surface area contributed by atoms with Crippen molar-refractivity contribution in [1.29, 1.82) is 0 Å². The second-order valence-corrected chi connectivity index (χ2v) is 7.05. The fourth-order valence-electron chi connectivity index (χ4n) is 2.86. The second-order valence-electron chi connectivity index (χ2n) is 7.05. The van der Waals surface area contributed by atoms with Crippen LogP contribution in [0, 0.1) is 0 Å². The molecule has 0 N–H and O–H groups in total. The molecular formula is C23H36O4. The third kappa shape index (κ3) is 14.0. The molecule has 0 heterocycles. The van der Waals surface area contributed by atoms with Crippen LogP contribution in [0.4, 0.5) is 0 Å². The van der Waals surface area contributed by atoms with Gasteiger partial charge in [0.1, 0.15) is 6.61 Å². The summed E-state index contributed by atoms with van der Waals surface area (Å²) >= 11 is 0. The van der Waals surface area contributed by atoms with Gasteiger partial charge in [-0.05, 0) is 12.0 Å². The average Bonchev–Trinajstić information content (AvgIpc) is 2.69. The number of carbonyl (C=O) groups is 2. The lowest BCUT2D eigenvalue weighted by atomic mass is 10.1. The summed E-state index contributed by atoms with van der Waals surface area (Å²) in [5.74, 6) is -0.683. The van der Waals surface area contributed by atoms with Crippen LogP contribution in [0.2, 0.25) is 0 Å². The highest BCUT2D eigenvalue weighted by Crippen LogP contribution is 2.10. The van der Waals surface area contributed by atoms with E-state index >= 15 is 0 Å². The smallest absolute Gasteiger partial charge is 0.306 e. The van der Waals surface area contributed by atoms with E-state index in [1.807, 2.05) is 30.3 Å². The molecule has 0 saturated heterocycles. The minimum Gasteiger partial charge on any atom is -0.466 e. The van der Waals surface area contributed by atoms with Gasteiger partial charge in [0.25, 0.3) is 0 Å². The molecule has 0 aromatic heterocycles. The molecule has 0 aliphatic heterocycles. The molecule has 0 aliphatic rings. The Morgan fingerprint density at radius 1 is 0.704 bits per heavy atom. The van der Waals surface area contributed by atoms with E-state index in [-0.39, 0.29) is 31.4 Å². The molecule has 1 rings (SSSR count). The van der Waals surface area contributed by atoms with E-state index in [1.165, 1.54) is 51.4 Å². The predicted octanol–water partition coefficient (Wildman–Crippen LogP) is 5.97. The molecule has 0 saturated carbocycles. The second kappa shape index (κ2) is 16.3. The summed E-state index contributed by atoms with van der Waals surface area (Å²) < 4.78 is 10.3. The highest BCUT2D eigenvalue weighted by Gasteiger charge is 2.09. The van der Waals surface area contributed by atoms with Gasteiger partial charge in [-0.15, -0.1) is 0 Å². The SMILES string of the molecule is CCCCCCCCCCCCOC(=O)CCC(=O)OCc1ccccc1. The van der Waals surface area contributed by atoms with Crippen molar-refractivity contribution in [3.63, 3.8) is 0 Å². The number of hydrogen-bond donors (Lipinski definition) is 0. The van der Waals surface area contributed by atoms with Gasteiger partial charge in [0.15, 0.2) is 0 Å². The number of esters is 2. The molecule has 1 aromatic rings. The molecule has 0 unspecified atom stereocenters. The zero-order valence-corrected chi connectivity index (χ0v) is 16.9. The van der Waals surface area contributed by atoms with E-state index in [4.69, 9.17) is 9.47 Å². The van der Waals surface area contributed by atoms with E-state index in [2.05, 4.69) is 6.92 Å². The first-order valence-corrected chi connectivity index (χ1v) is 10.6. The molecule has 152 valence electrons. The number of rotatable bonds is 16. The first-order valence-electron chi connectivity index (χ1n) is 10.6. The largest absolute Gasteiger partial charge is 0.466 e. The van der Waals surface area contributed by atoms with Gasteiger partial charge in [-0.3, -0.25) is 9.59 Å². The van der Waals surface area contributed by atoms with Crippen molar-refractivity contribution in [3.05, 3.63) is 35.9 Å². The first kappa shape index (κ1) is 23.2. The molecule has 4 nitrogen and oxygen atoms in total. The summed E-state index contributed by atoms with van der Waals surface area (Å²) in [6, 6.07) is 9.50. The minimum absolute atomic E-state index is 0.0731. The minimum atomic E-state index is -0.366. The van der Waals surface area contributed by atoms with Crippen molar-refractivity contribution in [2.75, 3.05) is 6.61 Å². The lowest BCUT2D eigenvalue weighted by Crippen LogP contribution is -2.11. The van der Waals surface area contributed by atoms with Gasteiger partial charge >= 0.3 is 11.9 Å². The average molecular weight is 377 g/mol. The van der Waals surface area contributed by atoms with Crippen molar-refractivity contribution in [3.8, 4) is 0 Å². The van der Waals surface area contributed by atoms with Crippen LogP contribution in [-0.4, -0.2) is 18.5 Å². The normalized spacial score (nSPS) is 10.6. The number of ether oxygens (including phenoxy) is 2. The Labute approximate surface area is 164 Å². The topological polar surface area (TPSA) is 52.6 Å². The molecular weight excluding hydrogens is 340 g/mol. The zero-order chi connectivity index (χ0) is 19.6. The summed E-state index contributed by atoms with van der Waals surface area (Å²) in [6.45, 7) is 2.94. The number of benzene rings is 1. The molecule has 0 amide bonds. The quantitative estimate of drug-likeness (QED) is 0.263. The highest BCUT2D eigenvalue weighted by atomic mass is 16.5. The predicted molar refractivity (Wildman–Crippen MR) is 108 cm³/mol. The van der Waals surface area contributed by atoms with Crippen molar-refractivity contribution >= 4 is 11.9 Å². The molecule has 0 aliphatic carbocycles. The Hall–Kier alpha value is -1.84. The van der Waals surface area contributed by atoms with Gasteiger partial charge in [-0.1, -0.05) is 95.0 Å². The van der Waals surface area contributed by atoms with E-state index < -0.39 is 0 Å². The summed E-state index contributed by atoms with van der Waals surface area (Å²) in [5, 5.41) is 0. The van der Waals surface area contributed by atoms with Crippen LogP contribution < -0.4 is 0 Å². The third-order valence-electron chi connectivity index (χ3n) is 4.54. The van der Waals surface area contributed by atoms with Crippen LogP contribution in [-0.2, 0) is 25.7 Å². The lowest BCUT2D eigenvalue weighted by molar-refractivity contribution is -0.151. The van der Waals surface area contributed by atoms with E-state index in [0.717, 1.165) is 18.4 Å². The van der Waals surface area contributed by atoms with Gasteiger partial charge in [0.05, 0.1) is 19.4 Å². The third-order valence-corrected chi connectivity index (χ3v) is 4.54. The molecule has 27 heavy (non-hydrogen) atoms. The Balaban J connectivity index is 1.89. The van der Waals surface area contributed by atoms with Crippen LogP contribution >= 0.6 is 0 Å². The Kier molecular flexibility index (Phi) is 14.0. The van der Waals surface area contributed by atoms with Gasteiger partial charge in [-0.2, -0.15) is 0 Å². The van der Waals surface area contributed by atoms with Crippen molar-refractivity contribution < 1.29 is 19.1 Å². The summed E-state index contributed by atoms with van der Waals surface area (Å²) in [7, 11) is 0. The lowest BCUT2D eigenvalue weighted by Gasteiger charge is -2.06. The van der Waals surface area contributed by atoms with E-state index in [9.17, 15) is 9.59 Å². The van der Waals surface area contributed by atoms with E-state index in [0.29, 0.717) is 6.61 Å². The van der Waals surface area contributed by atoms with Gasteiger partial charge in [0, 0.05) is 0 Å². The molecule has 0 spiro atoms. The molecule has 1 aromatic carbocycles.